The van der Waals surface area contributed by atoms with Gasteiger partial charge in [0, 0.05) is 68.5 Å². The third kappa shape index (κ3) is 4.62. The predicted octanol–water partition coefficient (Wildman–Crippen LogP) is 3.15. The lowest BCUT2D eigenvalue weighted by Crippen LogP contribution is -2.47. The standard InChI is InChI=1S/C25H29ClFN7O2/c1-15(2)33-5-4-17-12-21(30-34(17)14-22(33)35)29-20-11-16-10-18(24(27)23(26)19(16)13-28-20)25(36)32-8-6-31(3)7-9-32/h10-13,15H,4-9,14H2,1-3H3,(H,28,29,30). The normalized spacial score (nSPS) is 17.0. The first-order valence-electron chi connectivity index (χ1n) is 12.1. The van der Waals surface area contributed by atoms with Gasteiger partial charge in [-0.2, -0.15) is 5.10 Å². The number of hydrogen-bond donors (Lipinski definition) is 1. The van der Waals surface area contributed by atoms with Crippen LogP contribution in [0.4, 0.5) is 16.0 Å². The van der Waals surface area contributed by atoms with Crippen molar-refractivity contribution < 1.29 is 14.0 Å². The molecular weight excluding hydrogens is 485 g/mol. The smallest absolute Gasteiger partial charge is 0.256 e. The highest BCUT2D eigenvalue weighted by molar-refractivity contribution is 6.36. The second-order valence-electron chi connectivity index (χ2n) is 9.67. The molecule has 1 N–H and O–H groups in total. The Morgan fingerprint density at radius 1 is 1.11 bits per heavy atom. The molecule has 2 amide bonds. The van der Waals surface area contributed by atoms with Crippen molar-refractivity contribution >= 4 is 45.8 Å². The molecule has 0 atom stereocenters. The van der Waals surface area contributed by atoms with E-state index in [1.54, 1.807) is 15.6 Å². The molecule has 2 aliphatic heterocycles. The minimum atomic E-state index is -0.728. The third-order valence-corrected chi connectivity index (χ3v) is 7.25. The number of carbonyl (C=O) groups is 2. The van der Waals surface area contributed by atoms with E-state index in [-0.39, 0.29) is 35.0 Å². The van der Waals surface area contributed by atoms with Crippen molar-refractivity contribution in [1.29, 1.82) is 0 Å². The van der Waals surface area contributed by atoms with Crippen LogP contribution in [0.25, 0.3) is 10.8 Å². The van der Waals surface area contributed by atoms with E-state index in [2.05, 4.69) is 20.3 Å². The summed E-state index contributed by atoms with van der Waals surface area (Å²) in [5.74, 6) is -0.0187. The Hall–Kier alpha value is -3.24. The number of amides is 2. The Bertz CT molecular complexity index is 1330. The third-order valence-electron chi connectivity index (χ3n) is 6.88. The predicted molar refractivity (Wildman–Crippen MR) is 136 cm³/mol. The molecule has 2 aromatic heterocycles. The van der Waals surface area contributed by atoms with Crippen LogP contribution >= 0.6 is 11.6 Å². The van der Waals surface area contributed by atoms with Gasteiger partial charge < -0.3 is 20.0 Å². The van der Waals surface area contributed by atoms with Crippen molar-refractivity contribution in [2.75, 3.05) is 45.1 Å². The van der Waals surface area contributed by atoms with Gasteiger partial charge in [-0.3, -0.25) is 14.3 Å². The minimum Gasteiger partial charge on any atom is -0.338 e. The number of nitrogens with one attached hydrogen (secondary N) is 1. The number of rotatable bonds is 4. The van der Waals surface area contributed by atoms with E-state index in [9.17, 15) is 9.59 Å². The van der Waals surface area contributed by atoms with Crippen molar-refractivity contribution in [2.45, 2.75) is 32.9 Å². The second-order valence-corrected chi connectivity index (χ2v) is 10.1. The summed E-state index contributed by atoms with van der Waals surface area (Å²) >= 11 is 6.32. The fourth-order valence-electron chi connectivity index (χ4n) is 4.74. The summed E-state index contributed by atoms with van der Waals surface area (Å²) in [5.41, 5.74) is 0.913. The zero-order valence-electron chi connectivity index (χ0n) is 20.6. The number of benzene rings is 1. The molecule has 4 heterocycles. The second kappa shape index (κ2) is 9.67. The first kappa shape index (κ1) is 24.5. The van der Waals surface area contributed by atoms with Crippen molar-refractivity contribution in [3.8, 4) is 0 Å². The molecule has 0 saturated carbocycles. The molecule has 5 rings (SSSR count). The Labute approximate surface area is 213 Å². The molecule has 0 spiro atoms. The highest BCUT2D eigenvalue weighted by atomic mass is 35.5. The largest absolute Gasteiger partial charge is 0.338 e. The molecule has 1 aromatic carbocycles. The Balaban J connectivity index is 1.40. The lowest BCUT2D eigenvalue weighted by Gasteiger charge is -2.32. The molecule has 0 radical (unpaired) electrons. The van der Waals surface area contributed by atoms with Crippen LogP contribution in [0.15, 0.2) is 24.4 Å². The number of halogens is 2. The topological polar surface area (TPSA) is 86.6 Å². The molecule has 3 aromatic rings. The van der Waals surface area contributed by atoms with Crippen LogP contribution in [0.3, 0.4) is 0 Å². The fourth-order valence-corrected chi connectivity index (χ4v) is 5.00. The first-order chi connectivity index (χ1) is 17.2. The van der Waals surface area contributed by atoms with Crippen LogP contribution in [-0.2, 0) is 17.8 Å². The monoisotopic (exact) mass is 513 g/mol. The Morgan fingerprint density at radius 2 is 1.86 bits per heavy atom. The molecule has 2 aliphatic rings. The van der Waals surface area contributed by atoms with Gasteiger partial charge in [-0.15, -0.1) is 0 Å². The summed E-state index contributed by atoms with van der Waals surface area (Å²) in [7, 11) is 1.99. The SMILES string of the molecule is CC(C)N1CCc2cc(Nc3cc4cc(C(=O)N5CCN(C)CC5)c(F)c(Cl)c4cn3)nn2CC1=O. The van der Waals surface area contributed by atoms with E-state index in [4.69, 9.17) is 11.6 Å². The molecule has 0 unspecified atom stereocenters. The van der Waals surface area contributed by atoms with E-state index in [0.717, 1.165) is 18.8 Å². The minimum absolute atomic E-state index is 0.0384. The van der Waals surface area contributed by atoms with E-state index in [1.165, 1.54) is 12.3 Å². The quantitative estimate of drug-likeness (QED) is 0.577. The summed E-state index contributed by atoms with van der Waals surface area (Å²) in [4.78, 5) is 35.6. The van der Waals surface area contributed by atoms with Crippen molar-refractivity contribution in [3.63, 3.8) is 0 Å². The summed E-state index contributed by atoms with van der Waals surface area (Å²) in [6, 6.07) is 5.30. The number of likely N-dealkylation sites (N-methyl/N-ethyl adjacent to an activating group) is 1. The number of aromatic nitrogens is 3. The van der Waals surface area contributed by atoms with E-state index >= 15 is 4.39 Å². The van der Waals surface area contributed by atoms with Crippen molar-refractivity contribution in [3.05, 3.63) is 46.5 Å². The maximum absolute atomic E-state index is 15.1. The van der Waals surface area contributed by atoms with Crippen LogP contribution in [0.5, 0.6) is 0 Å². The Kier molecular flexibility index (Phi) is 6.57. The maximum Gasteiger partial charge on any atom is 0.256 e. The number of piperazine rings is 1. The van der Waals surface area contributed by atoms with E-state index < -0.39 is 5.82 Å². The van der Waals surface area contributed by atoms with Crippen LogP contribution in [0.2, 0.25) is 5.02 Å². The number of fused-ring (bicyclic) bond motifs is 2. The van der Waals surface area contributed by atoms with Gasteiger partial charge >= 0.3 is 0 Å². The number of nitrogens with zero attached hydrogens (tertiary/aromatic N) is 6. The van der Waals surface area contributed by atoms with Crippen LogP contribution in [0, 0.1) is 5.82 Å². The molecule has 1 fully saturated rings. The van der Waals surface area contributed by atoms with Gasteiger partial charge in [-0.25, -0.2) is 9.37 Å². The lowest BCUT2D eigenvalue weighted by molar-refractivity contribution is -0.133. The van der Waals surface area contributed by atoms with Crippen LogP contribution in [-0.4, -0.2) is 87.1 Å². The molecule has 9 nitrogen and oxygen atoms in total. The molecular formula is C25H29ClFN7O2. The van der Waals surface area contributed by atoms with Crippen LogP contribution in [0.1, 0.15) is 29.9 Å². The first-order valence-corrected chi connectivity index (χ1v) is 12.5. The summed E-state index contributed by atoms with van der Waals surface area (Å²) < 4.78 is 16.8. The summed E-state index contributed by atoms with van der Waals surface area (Å²) in [5, 5.41) is 8.61. The number of hydrogen-bond acceptors (Lipinski definition) is 6. The fraction of sp³-hybridized carbons (Fsp3) is 0.440. The van der Waals surface area contributed by atoms with Gasteiger partial charge in [0.1, 0.15) is 12.4 Å². The zero-order chi connectivity index (χ0) is 25.6. The van der Waals surface area contributed by atoms with E-state index in [0.29, 0.717) is 48.5 Å². The van der Waals surface area contributed by atoms with Gasteiger partial charge in [-0.05, 0) is 38.4 Å². The highest BCUT2D eigenvalue weighted by Gasteiger charge is 2.26. The van der Waals surface area contributed by atoms with Gasteiger partial charge in [0.2, 0.25) is 5.91 Å². The number of pyridine rings is 1. The van der Waals surface area contributed by atoms with Gasteiger partial charge in [0.15, 0.2) is 11.6 Å². The number of carbonyl (C=O) groups excluding carboxylic acids is 2. The molecule has 190 valence electrons. The van der Waals surface area contributed by atoms with Crippen LogP contribution < -0.4 is 5.32 Å². The molecule has 11 heteroatoms. The zero-order valence-corrected chi connectivity index (χ0v) is 21.3. The number of anilines is 2. The van der Waals surface area contributed by atoms with Crippen molar-refractivity contribution in [2.24, 2.45) is 0 Å². The van der Waals surface area contributed by atoms with Gasteiger partial charge in [-0.1, -0.05) is 11.6 Å². The molecule has 0 bridgehead atoms. The molecule has 1 saturated heterocycles. The van der Waals surface area contributed by atoms with Crippen molar-refractivity contribution in [1.82, 2.24) is 29.5 Å². The maximum atomic E-state index is 15.1. The summed E-state index contributed by atoms with van der Waals surface area (Å²) in [6.07, 6.45) is 2.19. The molecule has 36 heavy (non-hydrogen) atoms. The van der Waals surface area contributed by atoms with E-state index in [1.807, 2.05) is 31.9 Å². The average molecular weight is 514 g/mol. The molecule has 0 aliphatic carbocycles. The summed E-state index contributed by atoms with van der Waals surface area (Å²) in [6.45, 7) is 7.40. The highest BCUT2D eigenvalue weighted by Crippen LogP contribution is 2.31. The Morgan fingerprint density at radius 3 is 2.58 bits per heavy atom. The lowest BCUT2D eigenvalue weighted by atomic mass is 10.1. The van der Waals surface area contributed by atoms with Gasteiger partial charge in [0.05, 0.1) is 10.6 Å². The average Bonchev–Trinajstić information content (AvgIpc) is 3.14. The van der Waals surface area contributed by atoms with Gasteiger partial charge in [0.25, 0.3) is 5.91 Å².